The first-order chi connectivity index (χ1) is 10.2. The third kappa shape index (κ3) is 3.05. The van der Waals surface area contributed by atoms with Crippen LogP contribution in [0.3, 0.4) is 0 Å². The van der Waals surface area contributed by atoms with Gasteiger partial charge >= 0.3 is 0 Å². The molecule has 3 N–H and O–H groups in total. The summed E-state index contributed by atoms with van der Waals surface area (Å²) in [6.45, 7) is 1.49. The van der Waals surface area contributed by atoms with Crippen LogP contribution in [0.5, 0.6) is 11.5 Å². The molecule has 6 heteroatoms. The van der Waals surface area contributed by atoms with Crippen LogP contribution < -0.4 is 20.5 Å². The summed E-state index contributed by atoms with van der Waals surface area (Å²) in [5, 5.41) is 2.80. The standard InChI is InChI=1S/C15H15N3O3/c16-11-2-3-12(17-9-11)15(19)18-8-10-1-4-13-14(7-10)21-6-5-20-13/h1-4,7,9H,5-6,8,16H2,(H,18,19). The van der Waals surface area contributed by atoms with Crippen molar-refractivity contribution in [3.8, 4) is 11.5 Å². The highest BCUT2D eigenvalue weighted by Gasteiger charge is 2.12. The molecule has 0 fully saturated rings. The first kappa shape index (κ1) is 13.2. The average molecular weight is 285 g/mol. The maximum Gasteiger partial charge on any atom is 0.270 e. The number of hydrogen-bond donors (Lipinski definition) is 2. The highest BCUT2D eigenvalue weighted by Crippen LogP contribution is 2.30. The number of nitrogens with one attached hydrogen (secondary N) is 1. The smallest absolute Gasteiger partial charge is 0.270 e. The molecule has 2 heterocycles. The molecule has 0 saturated carbocycles. The molecule has 1 aromatic carbocycles. The van der Waals surface area contributed by atoms with Gasteiger partial charge in [-0.15, -0.1) is 0 Å². The van der Waals surface area contributed by atoms with Gasteiger partial charge in [-0.2, -0.15) is 0 Å². The highest BCUT2D eigenvalue weighted by molar-refractivity contribution is 5.92. The van der Waals surface area contributed by atoms with Crippen LogP contribution in [0.2, 0.25) is 0 Å². The van der Waals surface area contributed by atoms with E-state index in [2.05, 4.69) is 10.3 Å². The zero-order valence-electron chi connectivity index (χ0n) is 11.3. The van der Waals surface area contributed by atoms with E-state index in [1.165, 1.54) is 6.20 Å². The van der Waals surface area contributed by atoms with Crippen molar-refractivity contribution in [3.05, 3.63) is 47.8 Å². The first-order valence-corrected chi connectivity index (χ1v) is 6.60. The van der Waals surface area contributed by atoms with E-state index in [-0.39, 0.29) is 5.91 Å². The molecule has 0 unspecified atom stereocenters. The molecule has 2 aromatic rings. The highest BCUT2D eigenvalue weighted by atomic mass is 16.6. The second kappa shape index (κ2) is 5.70. The molecular weight excluding hydrogens is 270 g/mol. The van der Waals surface area contributed by atoms with Crippen molar-refractivity contribution >= 4 is 11.6 Å². The number of pyridine rings is 1. The van der Waals surface area contributed by atoms with E-state index in [0.717, 1.165) is 11.3 Å². The molecule has 1 aromatic heterocycles. The van der Waals surface area contributed by atoms with Gasteiger partial charge in [0, 0.05) is 6.54 Å². The topological polar surface area (TPSA) is 86.5 Å². The molecule has 0 spiro atoms. The molecule has 3 rings (SSSR count). The van der Waals surface area contributed by atoms with Gasteiger partial charge in [-0.25, -0.2) is 4.98 Å². The second-order valence-electron chi connectivity index (χ2n) is 4.64. The van der Waals surface area contributed by atoms with Crippen LogP contribution in [0.15, 0.2) is 36.5 Å². The van der Waals surface area contributed by atoms with E-state index in [0.29, 0.717) is 36.9 Å². The molecule has 6 nitrogen and oxygen atoms in total. The van der Waals surface area contributed by atoms with Crippen molar-refractivity contribution in [1.29, 1.82) is 0 Å². The molecule has 108 valence electrons. The van der Waals surface area contributed by atoms with Gasteiger partial charge in [0.2, 0.25) is 0 Å². The minimum absolute atomic E-state index is 0.245. The number of benzene rings is 1. The first-order valence-electron chi connectivity index (χ1n) is 6.60. The molecule has 1 aliphatic heterocycles. The van der Waals surface area contributed by atoms with E-state index in [1.54, 1.807) is 12.1 Å². The summed E-state index contributed by atoms with van der Waals surface area (Å²) < 4.78 is 11.0. The molecule has 0 atom stereocenters. The van der Waals surface area contributed by atoms with Crippen LogP contribution in [0, 0.1) is 0 Å². The Labute approximate surface area is 121 Å². The number of carbonyl (C=O) groups is 1. The minimum atomic E-state index is -0.245. The fraction of sp³-hybridized carbons (Fsp3) is 0.200. The predicted molar refractivity (Wildman–Crippen MR) is 77.3 cm³/mol. The molecule has 21 heavy (non-hydrogen) atoms. The number of nitrogens with two attached hydrogens (primary N) is 1. The van der Waals surface area contributed by atoms with Crippen molar-refractivity contribution < 1.29 is 14.3 Å². The molecule has 0 bridgehead atoms. The number of aromatic nitrogens is 1. The van der Waals surface area contributed by atoms with Gasteiger partial charge in [0.25, 0.3) is 5.91 Å². The lowest BCUT2D eigenvalue weighted by molar-refractivity contribution is 0.0946. The van der Waals surface area contributed by atoms with E-state index < -0.39 is 0 Å². The third-order valence-electron chi connectivity index (χ3n) is 3.08. The zero-order valence-corrected chi connectivity index (χ0v) is 11.3. The largest absolute Gasteiger partial charge is 0.486 e. The van der Waals surface area contributed by atoms with Gasteiger partial charge in [0.15, 0.2) is 11.5 Å². The molecule has 0 aliphatic carbocycles. The lowest BCUT2D eigenvalue weighted by Gasteiger charge is -2.18. The second-order valence-corrected chi connectivity index (χ2v) is 4.64. The van der Waals surface area contributed by atoms with Gasteiger partial charge in [0.1, 0.15) is 18.9 Å². The van der Waals surface area contributed by atoms with E-state index in [4.69, 9.17) is 15.2 Å². The Balaban J connectivity index is 1.64. The Morgan fingerprint density at radius 1 is 1.19 bits per heavy atom. The SMILES string of the molecule is Nc1ccc(C(=O)NCc2ccc3c(c2)OCCO3)nc1. The number of nitrogen functional groups attached to an aromatic ring is 1. The Kier molecular flexibility index (Phi) is 3.59. The summed E-state index contributed by atoms with van der Waals surface area (Å²) in [6, 6.07) is 8.84. The van der Waals surface area contributed by atoms with Gasteiger partial charge in [0.05, 0.1) is 11.9 Å². The van der Waals surface area contributed by atoms with Crippen molar-refractivity contribution in [2.75, 3.05) is 18.9 Å². The minimum Gasteiger partial charge on any atom is -0.486 e. The normalized spacial score (nSPS) is 12.8. The van der Waals surface area contributed by atoms with Gasteiger partial charge in [-0.1, -0.05) is 6.07 Å². The number of amides is 1. The molecule has 1 amide bonds. The maximum atomic E-state index is 11.9. The third-order valence-corrected chi connectivity index (χ3v) is 3.08. The summed E-state index contributed by atoms with van der Waals surface area (Å²) in [7, 11) is 0. The summed E-state index contributed by atoms with van der Waals surface area (Å²) in [4.78, 5) is 15.9. The Morgan fingerprint density at radius 2 is 2.00 bits per heavy atom. The van der Waals surface area contributed by atoms with Crippen molar-refractivity contribution in [2.24, 2.45) is 0 Å². The molecule has 1 aliphatic rings. The quantitative estimate of drug-likeness (QED) is 0.889. The van der Waals surface area contributed by atoms with E-state index in [1.807, 2.05) is 18.2 Å². The number of rotatable bonds is 3. The number of anilines is 1. The average Bonchev–Trinajstić information content (AvgIpc) is 2.53. The molecular formula is C15H15N3O3. The lowest BCUT2D eigenvalue weighted by atomic mass is 10.2. The zero-order chi connectivity index (χ0) is 14.7. The summed E-state index contributed by atoms with van der Waals surface area (Å²) >= 11 is 0. The van der Waals surface area contributed by atoms with Crippen LogP contribution in [0.25, 0.3) is 0 Å². The van der Waals surface area contributed by atoms with Crippen molar-refractivity contribution in [2.45, 2.75) is 6.54 Å². The van der Waals surface area contributed by atoms with Crippen LogP contribution >= 0.6 is 0 Å². The number of carbonyl (C=O) groups excluding carboxylic acids is 1. The Morgan fingerprint density at radius 3 is 2.76 bits per heavy atom. The van der Waals surface area contributed by atoms with Gasteiger partial charge < -0.3 is 20.5 Å². The van der Waals surface area contributed by atoms with Gasteiger partial charge in [-0.3, -0.25) is 4.79 Å². The Bertz CT molecular complexity index is 656. The summed E-state index contributed by atoms with van der Waals surface area (Å²) in [5.41, 5.74) is 7.33. The number of hydrogen-bond acceptors (Lipinski definition) is 5. The summed E-state index contributed by atoms with van der Waals surface area (Å²) in [6.07, 6.45) is 1.46. The van der Waals surface area contributed by atoms with Crippen LogP contribution in [-0.2, 0) is 6.54 Å². The summed E-state index contributed by atoms with van der Waals surface area (Å²) in [5.74, 6) is 1.19. The lowest BCUT2D eigenvalue weighted by Crippen LogP contribution is -2.24. The monoisotopic (exact) mass is 285 g/mol. The number of nitrogens with zero attached hydrogens (tertiary/aromatic N) is 1. The van der Waals surface area contributed by atoms with Crippen molar-refractivity contribution in [3.63, 3.8) is 0 Å². The van der Waals surface area contributed by atoms with Crippen LogP contribution in [0.4, 0.5) is 5.69 Å². The van der Waals surface area contributed by atoms with Crippen molar-refractivity contribution in [1.82, 2.24) is 10.3 Å². The maximum absolute atomic E-state index is 11.9. The number of fused-ring (bicyclic) bond motifs is 1. The molecule has 0 radical (unpaired) electrons. The predicted octanol–water partition coefficient (Wildman–Crippen LogP) is 1.37. The fourth-order valence-electron chi connectivity index (χ4n) is 2.01. The van der Waals surface area contributed by atoms with Crippen LogP contribution in [-0.4, -0.2) is 24.1 Å². The Hall–Kier alpha value is -2.76. The fourth-order valence-corrected chi connectivity index (χ4v) is 2.01. The van der Waals surface area contributed by atoms with E-state index in [9.17, 15) is 4.79 Å². The van der Waals surface area contributed by atoms with Gasteiger partial charge in [-0.05, 0) is 29.8 Å². The number of ether oxygens (including phenoxy) is 2. The van der Waals surface area contributed by atoms with E-state index >= 15 is 0 Å². The molecule has 0 saturated heterocycles. The van der Waals surface area contributed by atoms with Crippen LogP contribution in [0.1, 0.15) is 16.1 Å².